The SMILES string of the molecule is Nc1cc(C(F)F)ccc1N(CC1CC1)C1CC1. The average Bonchev–Trinajstić information content (AvgIpc) is 3.19. The summed E-state index contributed by atoms with van der Waals surface area (Å²) in [6, 6.07) is 5.25. The summed E-state index contributed by atoms with van der Waals surface area (Å²) in [4.78, 5) is 2.32. The molecule has 2 fully saturated rings. The van der Waals surface area contributed by atoms with Gasteiger partial charge in [-0.2, -0.15) is 0 Å². The average molecular weight is 252 g/mol. The second-order valence-electron chi connectivity index (χ2n) is 5.45. The Labute approximate surface area is 106 Å². The van der Waals surface area contributed by atoms with E-state index >= 15 is 0 Å². The van der Waals surface area contributed by atoms with Crippen molar-refractivity contribution in [2.45, 2.75) is 38.2 Å². The summed E-state index contributed by atoms with van der Waals surface area (Å²) in [6.45, 7) is 1.03. The largest absolute Gasteiger partial charge is 0.397 e. The molecular weight excluding hydrogens is 234 g/mol. The third kappa shape index (κ3) is 2.42. The molecule has 2 aliphatic rings. The third-order valence-electron chi connectivity index (χ3n) is 3.75. The Bertz CT molecular complexity index is 439. The molecule has 0 aromatic heterocycles. The van der Waals surface area contributed by atoms with Crippen molar-refractivity contribution in [2.24, 2.45) is 5.92 Å². The maximum absolute atomic E-state index is 12.6. The summed E-state index contributed by atoms with van der Waals surface area (Å²) in [5.41, 5.74) is 7.38. The van der Waals surface area contributed by atoms with E-state index in [0.29, 0.717) is 11.7 Å². The molecule has 98 valence electrons. The van der Waals surface area contributed by atoms with Crippen LogP contribution in [0.15, 0.2) is 18.2 Å². The minimum absolute atomic E-state index is 0.0124. The molecule has 2 saturated carbocycles. The van der Waals surface area contributed by atoms with Gasteiger partial charge in [-0.25, -0.2) is 8.78 Å². The highest BCUT2D eigenvalue weighted by Gasteiger charge is 2.34. The number of rotatable bonds is 5. The molecule has 2 nitrogen and oxygen atoms in total. The molecular formula is C14H18F2N2. The highest BCUT2D eigenvalue weighted by Crippen LogP contribution is 2.40. The van der Waals surface area contributed by atoms with Crippen LogP contribution in [0.4, 0.5) is 20.2 Å². The molecule has 0 bridgehead atoms. The van der Waals surface area contributed by atoms with E-state index in [9.17, 15) is 8.78 Å². The lowest BCUT2D eigenvalue weighted by atomic mass is 10.1. The van der Waals surface area contributed by atoms with Crippen molar-refractivity contribution < 1.29 is 8.78 Å². The van der Waals surface area contributed by atoms with Gasteiger partial charge < -0.3 is 10.6 Å². The summed E-state index contributed by atoms with van der Waals surface area (Å²) in [5.74, 6) is 0.778. The van der Waals surface area contributed by atoms with Crippen LogP contribution in [0.5, 0.6) is 0 Å². The Hall–Kier alpha value is -1.32. The number of alkyl halides is 2. The molecule has 0 unspecified atom stereocenters. The molecule has 0 atom stereocenters. The topological polar surface area (TPSA) is 29.3 Å². The Morgan fingerprint density at radius 2 is 1.94 bits per heavy atom. The van der Waals surface area contributed by atoms with Crippen LogP contribution >= 0.6 is 0 Å². The van der Waals surface area contributed by atoms with Gasteiger partial charge in [-0.15, -0.1) is 0 Å². The number of nitrogen functional groups attached to an aromatic ring is 1. The van der Waals surface area contributed by atoms with Crippen LogP contribution in [-0.4, -0.2) is 12.6 Å². The van der Waals surface area contributed by atoms with E-state index in [2.05, 4.69) is 4.90 Å². The lowest BCUT2D eigenvalue weighted by Gasteiger charge is -2.26. The van der Waals surface area contributed by atoms with E-state index in [4.69, 9.17) is 5.73 Å². The van der Waals surface area contributed by atoms with Gasteiger partial charge in [-0.05, 0) is 43.7 Å². The number of hydrogen-bond acceptors (Lipinski definition) is 2. The van der Waals surface area contributed by atoms with Gasteiger partial charge in [0.05, 0.1) is 11.4 Å². The molecule has 1 aromatic rings. The van der Waals surface area contributed by atoms with Gasteiger partial charge in [0.25, 0.3) is 6.43 Å². The maximum Gasteiger partial charge on any atom is 0.263 e. The number of anilines is 2. The summed E-state index contributed by atoms with van der Waals surface area (Å²) >= 11 is 0. The van der Waals surface area contributed by atoms with Gasteiger partial charge in [0.1, 0.15) is 0 Å². The molecule has 1 aromatic carbocycles. The smallest absolute Gasteiger partial charge is 0.263 e. The first-order valence-electron chi connectivity index (χ1n) is 6.59. The maximum atomic E-state index is 12.6. The van der Waals surface area contributed by atoms with Gasteiger partial charge in [0.15, 0.2) is 0 Å². The number of nitrogens with zero attached hydrogens (tertiary/aromatic N) is 1. The highest BCUT2D eigenvalue weighted by atomic mass is 19.3. The molecule has 3 rings (SSSR count). The molecule has 0 spiro atoms. The van der Waals surface area contributed by atoms with Crippen molar-refractivity contribution in [3.05, 3.63) is 23.8 Å². The van der Waals surface area contributed by atoms with Gasteiger partial charge in [-0.1, -0.05) is 6.07 Å². The fraction of sp³-hybridized carbons (Fsp3) is 0.571. The Morgan fingerprint density at radius 1 is 1.22 bits per heavy atom. The number of nitrogens with two attached hydrogens (primary N) is 1. The van der Waals surface area contributed by atoms with Crippen LogP contribution in [-0.2, 0) is 0 Å². The zero-order valence-electron chi connectivity index (χ0n) is 10.3. The van der Waals surface area contributed by atoms with Crippen molar-refractivity contribution in [1.29, 1.82) is 0 Å². The second-order valence-corrected chi connectivity index (χ2v) is 5.45. The molecule has 0 saturated heterocycles. The number of hydrogen-bond donors (Lipinski definition) is 1. The monoisotopic (exact) mass is 252 g/mol. The van der Waals surface area contributed by atoms with Crippen LogP contribution in [0.25, 0.3) is 0 Å². The fourth-order valence-corrected chi connectivity index (χ4v) is 2.38. The van der Waals surface area contributed by atoms with Crippen molar-refractivity contribution in [1.82, 2.24) is 0 Å². The van der Waals surface area contributed by atoms with Gasteiger partial charge in [-0.3, -0.25) is 0 Å². The van der Waals surface area contributed by atoms with Gasteiger partial charge >= 0.3 is 0 Å². The molecule has 4 heteroatoms. The molecule has 18 heavy (non-hydrogen) atoms. The van der Waals surface area contributed by atoms with E-state index in [-0.39, 0.29) is 5.56 Å². The van der Waals surface area contributed by atoms with E-state index in [1.54, 1.807) is 6.07 Å². The van der Waals surface area contributed by atoms with E-state index in [1.165, 1.54) is 37.8 Å². The van der Waals surface area contributed by atoms with E-state index < -0.39 is 6.43 Å². The molecule has 2 aliphatic carbocycles. The van der Waals surface area contributed by atoms with E-state index in [1.807, 2.05) is 0 Å². The standard InChI is InChI=1S/C14H18F2N2/c15-14(16)10-3-6-13(12(17)7-10)18(11-4-5-11)8-9-1-2-9/h3,6-7,9,11,14H,1-2,4-5,8,17H2. The van der Waals surface area contributed by atoms with Crippen LogP contribution in [0, 0.1) is 5.92 Å². The molecule has 2 N–H and O–H groups in total. The normalized spacial score (nSPS) is 19.3. The van der Waals surface area contributed by atoms with Crippen molar-refractivity contribution >= 4 is 11.4 Å². The summed E-state index contributed by atoms with van der Waals surface area (Å²) < 4.78 is 25.2. The Balaban J connectivity index is 1.83. The molecule has 0 amide bonds. The summed E-state index contributed by atoms with van der Waals surface area (Å²) in [7, 11) is 0. The zero-order valence-corrected chi connectivity index (χ0v) is 10.3. The second kappa shape index (κ2) is 4.41. The zero-order chi connectivity index (χ0) is 12.7. The highest BCUT2D eigenvalue weighted by molar-refractivity contribution is 5.69. The number of halogens is 2. The van der Waals surface area contributed by atoms with Gasteiger partial charge in [0.2, 0.25) is 0 Å². The van der Waals surface area contributed by atoms with E-state index in [0.717, 1.165) is 18.2 Å². The lowest BCUT2D eigenvalue weighted by Crippen LogP contribution is -2.28. The third-order valence-corrected chi connectivity index (χ3v) is 3.75. The quantitative estimate of drug-likeness (QED) is 0.811. The Morgan fingerprint density at radius 3 is 2.44 bits per heavy atom. The first-order valence-corrected chi connectivity index (χ1v) is 6.59. The number of benzene rings is 1. The fourth-order valence-electron chi connectivity index (χ4n) is 2.38. The lowest BCUT2D eigenvalue weighted by molar-refractivity contribution is 0.151. The minimum Gasteiger partial charge on any atom is -0.397 e. The van der Waals surface area contributed by atoms with Crippen LogP contribution < -0.4 is 10.6 Å². The Kier molecular flexibility index (Phi) is 2.88. The van der Waals surface area contributed by atoms with Crippen molar-refractivity contribution in [2.75, 3.05) is 17.2 Å². The minimum atomic E-state index is -2.45. The molecule has 0 heterocycles. The van der Waals surface area contributed by atoms with Crippen LogP contribution in [0.2, 0.25) is 0 Å². The van der Waals surface area contributed by atoms with Crippen LogP contribution in [0.1, 0.15) is 37.7 Å². The van der Waals surface area contributed by atoms with Crippen molar-refractivity contribution in [3.63, 3.8) is 0 Å². The summed E-state index contributed by atoms with van der Waals surface area (Å²) in [6.07, 6.45) is 2.53. The van der Waals surface area contributed by atoms with Crippen molar-refractivity contribution in [3.8, 4) is 0 Å². The predicted octanol–water partition coefficient (Wildman–Crippen LogP) is 3.59. The van der Waals surface area contributed by atoms with Gasteiger partial charge in [0, 0.05) is 18.2 Å². The molecule has 0 aliphatic heterocycles. The predicted molar refractivity (Wildman–Crippen MR) is 68.9 cm³/mol. The first kappa shape index (κ1) is 11.8. The van der Waals surface area contributed by atoms with Crippen LogP contribution in [0.3, 0.4) is 0 Å². The molecule has 0 radical (unpaired) electrons. The first-order chi connectivity index (χ1) is 8.65. The summed E-state index contributed by atoms with van der Waals surface area (Å²) in [5, 5.41) is 0.